The van der Waals surface area contributed by atoms with E-state index in [0.717, 1.165) is 5.56 Å². The summed E-state index contributed by atoms with van der Waals surface area (Å²) in [7, 11) is -1.26. The molecule has 4 nitrogen and oxygen atoms in total. The number of halogens is 1. The average Bonchev–Trinajstić information content (AvgIpc) is 2.65. The Kier molecular flexibility index (Phi) is 7.43. The topological polar surface area (TPSA) is 53.3 Å². The van der Waals surface area contributed by atoms with E-state index in [4.69, 9.17) is 21.6 Å². The average molecular weight is 405 g/mol. The van der Waals surface area contributed by atoms with Crippen molar-refractivity contribution in [3.63, 3.8) is 0 Å². The summed E-state index contributed by atoms with van der Waals surface area (Å²) in [4.78, 5) is 0.650. The van der Waals surface area contributed by atoms with E-state index in [-0.39, 0.29) is 5.41 Å². The molecule has 2 aromatic carbocycles. The van der Waals surface area contributed by atoms with Crippen LogP contribution in [0.1, 0.15) is 31.9 Å². The van der Waals surface area contributed by atoms with Gasteiger partial charge in [0.2, 0.25) is 0 Å². The number of nitriles is 1. The van der Waals surface area contributed by atoms with E-state index < -0.39 is 11.0 Å². The summed E-state index contributed by atoms with van der Waals surface area (Å²) in [6.07, 6.45) is 0. The fourth-order valence-electron chi connectivity index (χ4n) is 2.81. The maximum Gasteiger partial charge on any atom is 0.129 e. The molecule has 0 aliphatic carbocycles. The molecule has 1 aliphatic rings. The van der Waals surface area contributed by atoms with Gasteiger partial charge in [-0.15, -0.1) is 0 Å². The van der Waals surface area contributed by atoms with Gasteiger partial charge in [-0.1, -0.05) is 44.5 Å². The number of nitrogens with zero attached hydrogens (tertiary/aromatic N) is 2. The summed E-state index contributed by atoms with van der Waals surface area (Å²) in [6.45, 7) is 9.91. The highest BCUT2D eigenvalue weighted by atomic mass is 35.5. The molecule has 1 atom stereocenters. The van der Waals surface area contributed by atoms with E-state index in [1.807, 2.05) is 49.3 Å². The largest absolute Gasteiger partial charge is 0.493 e. The van der Waals surface area contributed by atoms with E-state index in [0.29, 0.717) is 40.9 Å². The maximum absolute atomic E-state index is 12.7. The molecule has 3 rings (SSSR count). The fourth-order valence-corrected chi connectivity index (χ4v) is 4.79. The minimum absolute atomic E-state index is 0.0739. The van der Waals surface area contributed by atoms with Crippen molar-refractivity contribution < 1.29 is 8.95 Å². The fraction of sp³-hybridized carbons (Fsp3) is 0.381. The predicted octanol–water partition coefficient (Wildman–Crippen LogP) is 4.97. The lowest BCUT2D eigenvalue weighted by Gasteiger charge is -2.46. The van der Waals surface area contributed by atoms with Crippen LogP contribution in [0.25, 0.3) is 0 Å². The third-order valence-corrected chi connectivity index (χ3v) is 6.06. The molecule has 0 saturated carbocycles. The molecular formula is C21H25ClN2O2S. The first-order chi connectivity index (χ1) is 12.9. The summed E-state index contributed by atoms with van der Waals surface area (Å²) in [5.74, 6) is 0.682. The van der Waals surface area contributed by atoms with Gasteiger partial charge in [0.1, 0.15) is 16.7 Å². The molecule has 0 N–H and O–H groups in total. The normalized spacial score (nSPS) is 16.3. The number of ether oxygens (including phenoxy) is 1. The van der Waals surface area contributed by atoms with Crippen LogP contribution < -0.4 is 4.74 Å². The van der Waals surface area contributed by atoms with Crippen LogP contribution in [0, 0.1) is 23.7 Å². The van der Waals surface area contributed by atoms with E-state index in [1.165, 1.54) is 0 Å². The Labute approximate surface area is 169 Å². The van der Waals surface area contributed by atoms with Gasteiger partial charge in [-0.05, 0) is 42.8 Å². The van der Waals surface area contributed by atoms with Gasteiger partial charge in [0.25, 0.3) is 0 Å². The SMILES string of the molecule is CC.Cc1ccc(S(=O)N2CC(C)(COc3cccc(C#N)c3)C2)c(Cl)c1. The van der Waals surface area contributed by atoms with Gasteiger partial charge in [-0.2, -0.15) is 5.26 Å². The second kappa shape index (κ2) is 9.36. The van der Waals surface area contributed by atoms with Gasteiger partial charge < -0.3 is 4.74 Å². The van der Waals surface area contributed by atoms with Crippen LogP contribution in [0.3, 0.4) is 0 Å². The third-order valence-electron chi connectivity index (χ3n) is 4.18. The smallest absolute Gasteiger partial charge is 0.129 e. The van der Waals surface area contributed by atoms with E-state index in [9.17, 15) is 4.21 Å². The molecule has 1 saturated heterocycles. The molecule has 2 aromatic rings. The summed E-state index contributed by atoms with van der Waals surface area (Å²) in [5, 5.41) is 9.47. The number of rotatable bonds is 5. The molecule has 27 heavy (non-hydrogen) atoms. The minimum Gasteiger partial charge on any atom is -0.493 e. The van der Waals surface area contributed by atoms with Crippen molar-refractivity contribution in [3.8, 4) is 11.8 Å². The zero-order valence-electron chi connectivity index (χ0n) is 16.2. The molecule has 0 amide bonds. The van der Waals surface area contributed by atoms with E-state index in [2.05, 4.69) is 13.0 Å². The van der Waals surface area contributed by atoms with Crippen molar-refractivity contribution in [2.75, 3.05) is 19.7 Å². The summed E-state index contributed by atoms with van der Waals surface area (Å²) in [6, 6.07) is 14.8. The second-order valence-corrected chi connectivity index (χ2v) is 8.58. The minimum atomic E-state index is -1.26. The molecule has 0 spiro atoms. The number of hydrogen-bond donors (Lipinski definition) is 0. The Balaban J connectivity index is 0.00000126. The summed E-state index contributed by atoms with van der Waals surface area (Å²) in [5.41, 5.74) is 1.55. The Bertz CT molecular complexity index is 858. The van der Waals surface area contributed by atoms with E-state index in [1.54, 1.807) is 18.2 Å². The molecule has 144 valence electrons. The van der Waals surface area contributed by atoms with Gasteiger partial charge in [-0.3, -0.25) is 0 Å². The summed E-state index contributed by atoms with van der Waals surface area (Å²) >= 11 is 6.22. The van der Waals surface area contributed by atoms with Crippen molar-refractivity contribution in [1.29, 1.82) is 5.26 Å². The van der Waals surface area contributed by atoms with Crippen LogP contribution in [-0.4, -0.2) is 28.2 Å². The predicted molar refractivity (Wildman–Crippen MR) is 110 cm³/mol. The van der Waals surface area contributed by atoms with Crippen LogP contribution >= 0.6 is 11.6 Å². The van der Waals surface area contributed by atoms with Gasteiger partial charge in [0.15, 0.2) is 0 Å². The van der Waals surface area contributed by atoms with E-state index >= 15 is 0 Å². The molecule has 0 bridgehead atoms. The lowest BCUT2D eigenvalue weighted by Crippen LogP contribution is -2.57. The molecule has 0 aromatic heterocycles. The first-order valence-corrected chi connectivity index (χ1v) is 10.4. The Morgan fingerprint density at radius 1 is 1.26 bits per heavy atom. The highest BCUT2D eigenvalue weighted by Crippen LogP contribution is 2.35. The Morgan fingerprint density at radius 3 is 2.59 bits per heavy atom. The monoisotopic (exact) mass is 404 g/mol. The molecule has 1 heterocycles. The molecule has 1 fully saturated rings. The van der Waals surface area contributed by atoms with Gasteiger partial charge in [0.05, 0.1) is 28.2 Å². The quantitative estimate of drug-likeness (QED) is 0.706. The number of aryl methyl sites for hydroxylation is 1. The third kappa shape index (κ3) is 5.32. The van der Waals surface area contributed by atoms with Crippen LogP contribution in [0.5, 0.6) is 5.75 Å². The molecular weight excluding hydrogens is 380 g/mol. The first kappa shape index (κ1) is 21.4. The van der Waals surface area contributed by atoms with Crippen molar-refractivity contribution in [3.05, 3.63) is 58.6 Å². The van der Waals surface area contributed by atoms with Crippen molar-refractivity contribution in [2.24, 2.45) is 5.41 Å². The zero-order valence-corrected chi connectivity index (χ0v) is 17.7. The number of hydrogen-bond acceptors (Lipinski definition) is 3. The van der Waals surface area contributed by atoms with Crippen molar-refractivity contribution in [2.45, 2.75) is 32.6 Å². The Hall–Kier alpha value is -1.87. The van der Waals surface area contributed by atoms with Gasteiger partial charge >= 0.3 is 0 Å². The van der Waals surface area contributed by atoms with Crippen LogP contribution in [0.4, 0.5) is 0 Å². The highest BCUT2D eigenvalue weighted by Gasteiger charge is 2.43. The molecule has 6 heteroatoms. The van der Waals surface area contributed by atoms with Crippen LogP contribution in [0.15, 0.2) is 47.4 Å². The summed E-state index contributed by atoms with van der Waals surface area (Å²) < 4.78 is 20.4. The lowest BCUT2D eigenvalue weighted by atomic mass is 9.85. The zero-order chi connectivity index (χ0) is 20.0. The number of benzene rings is 2. The Morgan fingerprint density at radius 2 is 1.96 bits per heavy atom. The molecule has 1 unspecified atom stereocenters. The lowest BCUT2D eigenvalue weighted by molar-refractivity contribution is 0.0395. The highest BCUT2D eigenvalue weighted by molar-refractivity contribution is 7.82. The standard InChI is InChI=1S/C19H19ClN2O2S.C2H6/c1-14-6-7-18(17(20)8-14)25(23)22-11-19(2,12-22)13-24-16-5-3-4-15(9-16)10-21;1-2/h3-9H,11-13H2,1-2H3;1-2H3. The van der Waals surface area contributed by atoms with Crippen LogP contribution in [-0.2, 0) is 11.0 Å². The van der Waals surface area contributed by atoms with Crippen LogP contribution in [0.2, 0.25) is 5.02 Å². The first-order valence-electron chi connectivity index (χ1n) is 8.96. The van der Waals surface area contributed by atoms with Crippen molar-refractivity contribution >= 4 is 22.6 Å². The van der Waals surface area contributed by atoms with Gasteiger partial charge in [-0.25, -0.2) is 8.51 Å². The maximum atomic E-state index is 12.7. The molecule has 0 radical (unpaired) electrons. The van der Waals surface area contributed by atoms with Gasteiger partial charge in [0, 0.05) is 18.5 Å². The second-order valence-electron chi connectivity index (χ2n) is 6.72. The molecule has 1 aliphatic heterocycles. The van der Waals surface area contributed by atoms with Crippen molar-refractivity contribution in [1.82, 2.24) is 4.31 Å².